The number of benzene rings is 1. The van der Waals surface area contributed by atoms with Gasteiger partial charge in [0.25, 0.3) is 0 Å². The Balaban J connectivity index is 2.18. The molecule has 3 rings (SSSR count). The molecule has 2 heterocycles. The molecule has 0 aliphatic carbocycles. The molecule has 10 heteroatoms. The molecule has 28 heavy (non-hydrogen) atoms. The van der Waals surface area contributed by atoms with Gasteiger partial charge in [-0.3, -0.25) is 0 Å². The SMILES string of the molecule is CC(C)(C)[S@@+]([O-])NC1(C(F)(F)F)COc2c1cc(Cl)nc2-c1ccc(F)cc1. The summed E-state index contributed by atoms with van der Waals surface area (Å²) >= 11 is 3.96. The molecule has 1 aliphatic rings. The summed E-state index contributed by atoms with van der Waals surface area (Å²) < 4.78 is 74.9. The number of hydrogen-bond donors (Lipinski definition) is 1. The minimum absolute atomic E-state index is 0.0527. The van der Waals surface area contributed by atoms with Crippen molar-refractivity contribution in [2.75, 3.05) is 6.61 Å². The van der Waals surface area contributed by atoms with Gasteiger partial charge in [0.1, 0.15) is 28.0 Å². The quantitative estimate of drug-likeness (QED) is 0.429. The first kappa shape index (κ1) is 21.2. The summed E-state index contributed by atoms with van der Waals surface area (Å²) in [4.78, 5) is 4.07. The van der Waals surface area contributed by atoms with Crippen molar-refractivity contribution in [3.05, 3.63) is 46.9 Å². The van der Waals surface area contributed by atoms with Crippen LogP contribution in [0, 0.1) is 5.82 Å². The molecular weight excluding hydrogens is 420 g/mol. The molecule has 0 radical (unpaired) electrons. The lowest BCUT2D eigenvalue weighted by atomic mass is 9.92. The lowest BCUT2D eigenvalue weighted by Crippen LogP contribution is -2.60. The Kier molecular flexibility index (Phi) is 5.33. The van der Waals surface area contributed by atoms with Crippen molar-refractivity contribution in [1.29, 1.82) is 0 Å². The number of halogens is 5. The maximum atomic E-state index is 14.2. The summed E-state index contributed by atoms with van der Waals surface area (Å²) in [7, 11) is 0. The number of hydrogen-bond acceptors (Lipinski definition) is 4. The highest BCUT2D eigenvalue weighted by Gasteiger charge is 2.65. The van der Waals surface area contributed by atoms with E-state index in [0.717, 1.165) is 18.2 Å². The van der Waals surface area contributed by atoms with E-state index in [1.165, 1.54) is 12.1 Å². The lowest BCUT2D eigenvalue weighted by Gasteiger charge is -2.35. The molecule has 4 nitrogen and oxygen atoms in total. The molecule has 0 spiro atoms. The summed E-state index contributed by atoms with van der Waals surface area (Å²) in [6, 6.07) is 6.10. The molecule has 1 aromatic heterocycles. The Labute approximate surface area is 167 Å². The number of ether oxygens (including phenoxy) is 1. The standard InChI is InChI=1S/C18H17ClF4N2O2S/c1-16(2,3)28(26)25-17(18(21,22)23)9-27-15-12(17)8-13(19)24-14(15)10-4-6-11(20)7-5-10/h4-8,25H,9H2,1-3H3/t17?,28-/m1/s1. The van der Waals surface area contributed by atoms with E-state index in [1.54, 1.807) is 20.8 Å². The van der Waals surface area contributed by atoms with Crippen molar-refractivity contribution in [3.63, 3.8) is 0 Å². The number of aromatic nitrogens is 1. The van der Waals surface area contributed by atoms with E-state index in [4.69, 9.17) is 16.3 Å². The van der Waals surface area contributed by atoms with Gasteiger partial charge in [0.2, 0.25) is 5.54 Å². The fraction of sp³-hybridized carbons (Fsp3) is 0.389. The molecule has 1 unspecified atom stereocenters. The first-order chi connectivity index (χ1) is 12.8. The first-order valence-electron chi connectivity index (χ1n) is 8.21. The van der Waals surface area contributed by atoms with Gasteiger partial charge in [-0.25, -0.2) is 9.37 Å². The fourth-order valence-corrected chi connectivity index (χ4v) is 3.82. The van der Waals surface area contributed by atoms with Gasteiger partial charge in [-0.2, -0.15) is 13.2 Å². The van der Waals surface area contributed by atoms with Crippen LogP contribution in [0.25, 0.3) is 11.3 Å². The molecule has 0 amide bonds. The van der Waals surface area contributed by atoms with Crippen molar-refractivity contribution in [2.45, 2.75) is 37.2 Å². The monoisotopic (exact) mass is 436 g/mol. The number of nitrogens with zero attached hydrogens (tertiary/aromatic N) is 1. The molecule has 2 atom stereocenters. The van der Waals surface area contributed by atoms with Gasteiger partial charge < -0.3 is 9.29 Å². The van der Waals surface area contributed by atoms with E-state index in [-0.39, 0.29) is 22.2 Å². The highest BCUT2D eigenvalue weighted by Crippen LogP contribution is 2.51. The minimum Gasteiger partial charge on any atom is -0.598 e. The minimum atomic E-state index is -4.83. The van der Waals surface area contributed by atoms with Gasteiger partial charge >= 0.3 is 6.18 Å². The predicted molar refractivity (Wildman–Crippen MR) is 98.9 cm³/mol. The maximum Gasteiger partial charge on any atom is 0.418 e. The number of nitrogens with one attached hydrogen (secondary N) is 1. The highest BCUT2D eigenvalue weighted by atomic mass is 35.5. The average Bonchev–Trinajstić information content (AvgIpc) is 2.93. The van der Waals surface area contributed by atoms with Crippen molar-refractivity contribution in [3.8, 4) is 17.0 Å². The maximum absolute atomic E-state index is 14.2. The molecule has 0 bridgehead atoms. The number of alkyl halides is 3. The number of rotatable bonds is 3. The zero-order valence-corrected chi connectivity index (χ0v) is 16.7. The summed E-state index contributed by atoms with van der Waals surface area (Å²) in [6.45, 7) is 3.84. The van der Waals surface area contributed by atoms with Gasteiger partial charge in [0, 0.05) is 22.5 Å². The smallest absolute Gasteiger partial charge is 0.418 e. The Bertz CT molecular complexity index is 887. The van der Waals surface area contributed by atoms with E-state index in [1.807, 2.05) is 0 Å². The number of pyridine rings is 1. The van der Waals surface area contributed by atoms with Crippen molar-refractivity contribution in [2.24, 2.45) is 0 Å². The Morgan fingerprint density at radius 1 is 1.21 bits per heavy atom. The van der Waals surface area contributed by atoms with E-state index >= 15 is 0 Å². The molecule has 0 fully saturated rings. The van der Waals surface area contributed by atoms with Crippen LogP contribution in [-0.4, -0.2) is 27.1 Å². The van der Waals surface area contributed by atoms with E-state index in [2.05, 4.69) is 9.71 Å². The van der Waals surface area contributed by atoms with Crippen LogP contribution in [0.15, 0.2) is 30.3 Å². The van der Waals surface area contributed by atoms with Crippen LogP contribution in [0.1, 0.15) is 26.3 Å². The van der Waals surface area contributed by atoms with E-state index in [0.29, 0.717) is 5.56 Å². The first-order valence-corrected chi connectivity index (χ1v) is 9.74. The number of fused-ring (bicyclic) bond motifs is 1. The average molecular weight is 437 g/mol. The molecule has 1 aromatic carbocycles. The van der Waals surface area contributed by atoms with Crippen LogP contribution in [-0.2, 0) is 16.9 Å². The van der Waals surface area contributed by atoms with Crippen LogP contribution >= 0.6 is 11.6 Å². The largest absolute Gasteiger partial charge is 0.598 e. The Hall–Kier alpha value is -1.55. The van der Waals surface area contributed by atoms with Crippen molar-refractivity contribution in [1.82, 2.24) is 9.71 Å². The van der Waals surface area contributed by atoms with Crippen molar-refractivity contribution >= 4 is 23.0 Å². The fourth-order valence-electron chi connectivity index (χ4n) is 2.71. The van der Waals surface area contributed by atoms with Gasteiger partial charge in [-0.05, 0) is 51.1 Å². The predicted octanol–water partition coefficient (Wildman–Crippen LogP) is 4.74. The Morgan fingerprint density at radius 2 is 1.82 bits per heavy atom. The molecule has 0 saturated carbocycles. The van der Waals surface area contributed by atoms with Gasteiger partial charge in [-0.15, -0.1) is 4.72 Å². The molecule has 152 valence electrons. The normalized spacial score (nSPS) is 20.6. The van der Waals surface area contributed by atoms with Crippen LogP contribution in [0.3, 0.4) is 0 Å². The summed E-state index contributed by atoms with van der Waals surface area (Å²) in [6.07, 6.45) is -4.83. The Morgan fingerprint density at radius 3 is 2.36 bits per heavy atom. The second-order valence-corrected chi connectivity index (χ2v) is 9.71. The van der Waals surface area contributed by atoms with Gasteiger partial charge in [0.05, 0.1) is 0 Å². The van der Waals surface area contributed by atoms with Crippen LogP contribution in [0.4, 0.5) is 17.6 Å². The van der Waals surface area contributed by atoms with E-state index < -0.39 is 40.2 Å². The zero-order valence-electron chi connectivity index (χ0n) is 15.2. The third-order valence-electron chi connectivity index (χ3n) is 4.26. The molecule has 0 saturated heterocycles. The zero-order chi connectivity index (χ0) is 20.9. The second-order valence-electron chi connectivity index (χ2n) is 7.35. The van der Waals surface area contributed by atoms with Crippen LogP contribution in [0.5, 0.6) is 5.75 Å². The summed E-state index contributed by atoms with van der Waals surface area (Å²) in [5.74, 6) is -0.637. The second kappa shape index (κ2) is 7.05. The van der Waals surface area contributed by atoms with Gasteiger partial charge in [0.15, 0.2) is 5.75 Å². The lowest BCUT2D eigenvalue weighted by molar-refractivity contribution is -0.196. The van der Waals surface area contributed by atoms with Crippen molar-refractivity contribution < 1.29 is 26.9 Å². The van der Waals surface area contributed by atoms with E-state index in [9.17, 15) is 22.1 Å². The molecule has 1 aliphatic heterocycles. The van der Waals surface area contributed by atoms with Crippen LogP contribution in [0.2, 0.25) is 5.15 Å². The molecule has 1 N–H and O–H groups in total. The third-order valence-corrected chi connectivity index (χ3v) is 6.10. The summed E-state index contributed by atoms with van der Waals surface area (Å²) in [5.41, 5.74) is -2.63. The van der Waals surface area contributed by atoms with Crippen LogP contribution < -0.4 is 9.46 Å². The molecular formula is C18H17ClF4N2O2S. The molecule has 2 aromatic rings. The van der Waals surface area contributed by atoms with Gasteiger partial charge in [-0.1, -0.05) is 11.6 Å². The highest BCUT2D eigenvalue weighted by molar-refractivity contribution is 7.90. The summed E-state index contributed by atoms with van der Waals surface area (Å²) in [5, 5.41) is -0.194. The topological polar surface area (TPSA) is 57.2 Å². The third kappa shape index (κ3) is 3.68.